The molecule has 0 amide bonds. The van der Waals surface area contributed by atoms with E-state index in [1.807, 2.05) is 0 Å². The van der Waals surface area contributed by atoms with Crippen molar-refractivity contribution in [2.45, 2.75) is 110 Å². The third kappa shape index (κ3) is 18.4. The first kappa shape index (κ1) is 25.6. The van der Waals surface area contributed by atoms with Crippen LogP contribution in [0.1, 0.15) is 110 Å². The molecule has 0 rings (SSSR count). The SMILES string of the molecule is CCCCCCCCCCCCCCCCCC(=O)C[N+](C)(C)CCN. The van der Waals surface area contributed by atoms with Gasteiger partial charge in [0.25, 0.3) is 0 Å². The summed E-state index contributed by atoms with van der Waals surface area (Å²) in [7, 11) is 4.19. The van der Waals surface area contributed by atoms with E-state index in [0.717, 1.165) is 23.9 Å². The number of carbonyl (C=O) groups excluding carboxylic acids is 1. The Bertz CT molecular complexity index is 315. The Balaban J connectivity index is 3.25. The minimum Gasteiger partial charge on any atom is -0.326 e. The van der Waals surface area contributed by atoms with Gasteiger partial charge in [-0.2, -0.15) is 0 Å². The van der Waals surface area contributed by atoms with Crippen LogP contribution < -0.4 is 5.73 Å². The molecule has 0 aliphatic rings. The summed E-state index contributed by atoms with van der Waals surface area (Å²) < 4.78 is 0.730. The Hall–Kier alpha value is -0.410. The predicted molar refractivity (Wildman–Crippen MR) is 115 cm³/mol. The van der Waals surface area contributed by atoms with Crippen molar-refractivity contribution in [3.05, 3.63) is 0 Å². The van der Waals surface area contributed by atoms with Crippen molar-refractivity contribution in [3.63, 3.8) is 0 Å². The van der Waals surface area contributed by atoms with Crippen LogP contribution in [0.2, 0.25) is 0 Å². The number of nitrogens with two attached hydrogens (primary N) is 1. The summed E-state index contributed by atoms with van der Waals surface area (Å²) in [6, 6.07) is 0. The van der Waals surface area contributed by atoms with Gasteiger partial charge in [-0.15, -0.1) is 0 Å². The van der Waals surface area contributed by atoms with Crippen LogP contribution in [0.15, 0.2) is 0 Å². The van der Waals surface area contributed by atoms with E-state index in [9.17, 15) is 4.79 Å². The fourth-order valence-electron chi connectivity index (χ4n) is 3.68. The van der Waals surface area contributed by atoms with Gasteiger partial charge in [0.05, 0.1) is 20.6 Å². The van der Waals surface area contributed by atoms with Gasteiger partial charge in [-0.3, -0.25) is 4.79 Å². The average Bonchev–Trinajstić information content (AvgIpc) is 2.57. The zero-order chi connectivity index (χ0) is 19.5. The van der Waals surface area contributed by atoms with E-state index in [1.54, 1.807) is 0 Å². The topological polar surface area (TPSA) is 43.1 Å². The second-order valence-electron chi connectivity index (χ2n) is 8.84. The molecule has 0 aromatic rings. The molecule has 0 atom stereocenters. The Morgan fingerprint density at radius 2 is 1.08 bits per heavy atom. The molecular weight excluding hydrogens is 320 g/mol. The van der Waals surface area contributed by atoms with Crippen LogP contribution in [0.5, 0.6) is 0 Å². The van der Waals surface area contributed by atoms with E-state index in [2.05, 4.69) is 21.0 Å². The van der Waals surface area contributed by atoms with Gasteiger partial charge < -0.3 is 10.2 Å². The highest BCUT2D eigenvalue weighted by Gasteiger charge is 2.18. The van der Waals surface area contributed by atoms with Gasteiger partial charge in [0.15, 0.2) is 5.78 Å². The lowest BCUT2D eigenvalue weighted by molar-refractivity contribution is -0.880. The van der Waals surface area contributed by atoms with Gasteiger partial charge in [0, 0.05) is 13.0 Å². The van der Waals surface area contributed by atoms with Crippen molar-refractivity contribution < 1.29 is 9.28 Å². The van der Waals surface area contributed by atoms with Crippen LogP contribution in [0, 0.1) is 0 Å². The lowest BCUT2D eigenvalue weighted by atomic mass is 10.0. The summed E-state index contributed by atoms with van der Waals surface area (Å²) in [4.78, 5) is 12.0. The zero-order valence-electron chi connectivity index (χ0n) is 18.4. The molecule has 3 nitrogen and oxygen atoms in total. The Morgan fingerprint density at radius 3 is 1.46 bits per heavy atom. The lowest BCUT2D eigenvalue weighted by Crippen LogP contribution is -2.46. The third-order valence-corrected chi connectivity index (χ3v) is 5.40. The number of quaternary nitrogens is 1. The number of likely N-dealkylation sites (N-methyl/N-ethyl adjacent to an activating group) is 1. The molecule has 0 heterocycles. The van der Waals surface area contributed by atoms with E-state index < -0.39 is 0 Å². The van der Waals surface area contributed by atoms with E-state index in [0.29, 0.717) is 18.9 Å². The van der Waals surface area contributed by atoms with Crippen LogP contribution >= 0.6 is 0 Å². The number of carbonyl (C=O) groups is 1. The first-order chi connectivity index (χ1) is 12.5. The minimum absolute atomic E-state index is 0.401. The quantitative estimate of drug-likeness (QED) is 0.216. The molecule has 0 spiro atoms. The van der Waals surface area contributed by atoms with E-state index in [1.165, 1.54) is 89.9 Å². The van der Waals surface area contributed by atoms with Crippen LogP contribution in [0.4, 0.5) is 0 Å². The van der Waals surface area contributed by atoms with Gasteiger partial charge in [-0.25, -0.2) is 0 Å². The minimum atomic E-state index is 0.401. The maximum Gasteiger partial charge on any atom is 0.186 e. The van der Waals surface area contributed by atoms with Gasteiger partial charge in [0.2, 0.25) is 0 Å². The van der Waals surface area contributed by atoms with Crippen molar-refractivity contribution in [2.24, 2.45) is 5.73 Å². The van der Waals surface area contributed by atoms with Crippen LogP contribution in [0.25, 0.3) is 0 Å². The lowest BCUT2D eigenvalue weighted by Gasteiger charge is -2.28. The van der Waals surface area contributed by atoms with Gasteiger partial charge in [-0.05, 0) is 6.42 Å². The Kier molecular flexibility index (Phi) is 17.7. The van der Waals surface area contributed by atoms with Crippen molar-refractivity contribution in [2.75, 3.05) is 33.7 Å². The molecule has 26 heavy (non-hydrogen) atoms. The monoisotopic (exact) mass is 369 g/mol. The Morgan fingerprint density at radius 1 is 0.692 bits per heavy atom. The molecule has 0 aromatic carbocycles. The van der Waals surface area contributed by atoms with Crippen molar-refractivity contribution in [1.82, 2.24) is 0 Å². The predicted octanol–water partition coefficient (Wildman–Crippen LogP) is 5.85. The summed E-state index contributed by atoms with van der Waals surface area (Å²) in [5.74, 6) is 0.401. The first-order valence-corrected chi connectivity index (χ1v) is 11.6. The summed E-state index contributed by atoms with van der Waals surface area (Å²) in [6.45, 7) is 4.45. The number of Topliss-reactive ketones (excluding diaryl/α,β-unsaturated/α-hetero) is 1. The summed E-state index contributed by atoms with van der Waals surface area (Å²) >= 11 is 0. The second-order valence-corrected chi connectivity index (χ2v) is 8.84. The second kappa shape index (κ2) is 18.0. The summed E-state index contributed by atoms with van der Waals surface area (Å²) in [5, 5.41) is 0. The molecule has 0 aromatic heterocycles. The van der Waals surface area contributed by atoms with Crippen LogP contribution in [-0.2, 0) is 4.79 Å². The number of rotatable bonds is 20. The molecular formula is C23H49N2O+. The highest BCUT2D eigenvalue weighted by Crippen LogP contribution is 2.14. The summed E-state index contributed by atoms with van der Waals surface area (Å²) in [6.07, 6.45) is 21.3. The fourth-order valence-corrected chi connectivity index (χ4v) is 3.68. The third-order valence-electron chi connectivity index (χ3n) is 5.40. The van der Waals surface area contributed by atoms with Gasteiger partial charge >= 0.3 is 0 Å². The number of ketones is 1. The summed E-state index contributed by atoms with van der Waals surface area (Å²) in [5.41, 5.74) is 5.60. The number of hydrogen-bond donors (Lipinski definition) is 1. The molecule has 0 saturated heterocycles. The molecule has 0 saturated carbocycles. The Labute approximate surface area is 164 Å². The molecule has 0 radical (unpaired) electrons. The molecule has 0 aliphatic carbocycles. The van der Waals surface area contributed by atoms with E-state index in [-0.39, 0.29) is 0 Å². The van der Waals surface area contributed by atoms with Crippen molar-refractivity contribution >= 4 is 5.78 Å². The number of unbranched alkanes of at least 4 members (excludes halogenated alkanes) is 14. The highest BCUT2D eigenvalue weighted by atomic mass is 16.1. The fraction of sp³-hybridized carbons (Fsp3) is 0.957. The standard InChI is InChI=1S/C23H49N2O/c1-4-5-6-7-8-9-10-11-12-13-14-15-16-17-18-19-23(26)22-25(2,3)21-20-24/h4-22,24H2,1-3H3/q+1. The zero-order valence-corrected chi connectivity index (χ0v) is 18.4. The van der Waals surface area contributed by atoms with Crippen LogP contribution in [-0.4, -0.2) is 44.0 Å². The number of nitrogens with zero attached hydrogens (tertiary/aromatic N) is 1. The van der Waals surface area contributed by atoms with Crippen molar-refractivity contribution in [3.8, 4) is 0 Å². The molecule has 0 aliphatic heterocycles. The molecule has 3 heteroatoms. The average molecular weight is 370 g/mol. The molecule has 2 N–H and O–H groups in total. The van der Waals surface area contributed by atoms with Crippen LogP contribution in [0.3, 0.4) is 0 Å². The smallest absolute Gasteiger partial charge is 0.186 e. The number of hydrogen-bond acceptors (Lipinski definition) is 2. The normalized spacial score (nSPS) is 11.8. The molecule has 0 fully saturated rings. The molecule has 0 unspecified atom stereocenters. The maximum atomic E-state index is 12.0. The van der Waals surface area contributed by atoms with E-state index >= 15 is 0 Å². The molecule has 0 bridgehead atoms. The van der Waals surface area contributed by atoms with Crippen molar-refractivity contribution in [1.29, 1.82) is 0 Å². The largest absolute Gasteiger partial charge is 0.326 e. The highest BCUT2D eigenvalue weighted by molar-refractivity contribution is 5.79. The van der Waals surface area contributed by atoms with Gasteiger partial charge in [-0.1, -0.05) is 96.8 Å². The van der Waals surface area contributed by atoms with E-state index in [4.69, 9.17) is 5.73 Å². The first-order valence-electron chi connectivity index (χ1n) is 11.6. The van der Waals surface area contributed by atoms with Gasteiger partial charge in [0.1, 0.15) is 6.54 Å². The molecule has 156 valence electrons. The maximum absolute atomic E-state index is 12.0.